The number of carbonyl (C=O) groups is 2. The van der Waals surface area contributed by atoms with Gasteiger partial charge < -0.3 is 25.7 Å². The number of phenolic OH excluding ortho intramolecular Hbond substituents is 4. The summed E-state index contributed by atoms with van der Waals surface area (Å²) in [5.74, 6) is -1.59. The number of ketones is 1. The molecule has 0 spiro atoms. The van der Waals surface area contributed by atoms with Gasteiger partial charge in [0.1, 0.15) is 0 Å². The van der Waals surface area contributed by atoms with Crippen LogP contribution in [0, 0.1) is 0 Å². The number of benzene rings is 2. The minimum Gasteiger partial charge on any atom is -0.504 e. The maximum absolute atomic E-state index is 12.1. The van der Waals surface area contributed by atoms with Crippen LogP contribution in [0.25, 0.3) is 0 Å². The maximum Gasteiger partial charge on any atom is 0.220 e. The fraction of sp³-hybridized carbons (Fsp3) is 0.263. The lowest BCUT2D eigenvalue weighted by atomic mass is 10.0. The van der Waals surface area contributed by atoms with E-state index in [1.165, 1.54) is 31.2 Å². The third kappa shape index (κ3) is 5.14. The Labute approximate surface area is 150 Å². The smallest absolute Gasteiger partial charge is 0.220 e. The fourth-order valence-corrected chi connectivity index (χ4v) is 2.48. The van der Waals surface area contributed by atoms with Crippen molar-refractivity contribution >= 4 is 11.7 Å². The first-order valence-electron chi connectivity index (χ1n) is 8.08. The molecule has 2 rings (SSSR count). The van der Waals surface area contributed by atoms with E-state index < -0.39 is 6.04 Å². The molecule has 1 unspecified atom stereocenters. The Morgan fingerprint density at radius 3 is 1.96 bits per heavy atom. The van der Waals surface area contributed by atoms with E-state index in [0.717, 1.165) is 0 Å². The largest absolute Gasteiger partial charge is 0.504 e. The Balaban J connectivity index is 1.95. The SMILES string of the molecule is CC(=O)C(Cc1ccc(O)c(O)c1)NC(=O)CCc1ccc(O)c(O)c1. The van der Waals surface area contributed by atoms with Gasteiger partial charge in [-0.3, -0.25) is 9.59 Å². The second-order valence-corrected chi connectivity index (χ2v) is 6.08. The topological polar surface area (TPSA) is 127 Å². The lowest BCUT2D eigenvalue weighted by Crippen LogP contribution is -2.41. The molecular formula is C19H21NO6. The predicted molar refractivity (Wildman–Crippen MR) is 94.2 cm³/mol. The van der Waals surface area contributed by atoms with Crippen molar-refractivity contribution in [1.82, 2.24) is 5.32 Å². The molecule has 0 heterocycles. The van der Waals surface area contributed by atoms with E-state index in [0.29, 0.717) is 17.5 Å². The molecule has 0 radical (unpaired) electrons. The number of amides is 1. The summed E-state index contributed by atoms with van der Waals surface area (Å²) in [6.07, 6.45) is 0.633. The van der Waals surface area contributed by atoms with Gasteiger partial charge in [0.25, 0.3) is 0 Å². The maximum atomic E-state index is 12.1. The normalized spacial score (nSPS) is 11.7. The molecule has 0 saturated carbocycles. The van der Waals surface area contributed by atoms with E-state index in [4.69, 9.17) is 0 Å². The molecule has 2 aromatic carbocycles. The van der Waals surface area contributed by atoms with Crippen molar-refractivity contribution in [3.05, 3.63) is 47.5 Å². The second-order valence-electron chi connectivity index (χ2n) is 6.08. The predicted octanol–water partition coefficient (Wildman–Crippen LogP) is 1.76. The summed E-state index contributed by atoms with van der Waals surface area (Å²) in [5, 5.41) is 40.2. The third-order valence-electron chi connectivity index (χ3n) is 3.99. The molecule has 0 bridgehead atoms. The Morgan fingerprint density at radius 2 is 1.42 bits per heavy atom. The molecule has 5 N–H and O–H groups in total. The Kier molecular flexibility index (Phi) is 6.06. The molecule has 1 amide bonds. The summed E-state index contributed by atoms with van der Waals surface area (Å²) in [5.41, 5.74) is 1.28. The summed E-state index contributed by atoms with van der Waals surface area (Å²) in [6, 6.07) is 7.81. The molecule has 1 atom stereocenters. The molecule has 26 heavy (non-hydrogen) atoms. The van der Waals surface area contributed by atoms with Crippen LogP contribution < -0.4 is 5.32 Å². The molecule has 7 heteroatoms. The monoisotopic (exact) mass is 359 g/mol. The number of rotatable bonds is 7. The van der Waals surface area contributed by atoms with E-state index in [1.807, 2.05) is 0 Å². The lowest BCUT2D eigenvalue weighted by Gasteiger charge is -2.16. The standard InChI is InChI=1S/C19H21NO6/c1-11(21)14(8-13-3-6-16(23)18(25)10-13)20-19(26)7-4-12-2-5-15(22)17(24)9-12/h2-3,5-6,9-10,14,22-25H,4,7-8H2,1H3,(H,20,26). The highest BCUT2D eigenvalue weighted by Gasteiger charge is 2.18. The van der Waals surface area contributed by atoms with Crippen LogP contribution in [0.5, 0.6) is 23.0 Å². The molecule has 0 aromatic heterocycles. The summed E-state index contributed by atoms with van der Waals surface area (Å²) in [7, 11) is 0. The van der Waals surface area contributed by atoms with Crippen molar-refractivity contribution in [2.24, 2.45) is 0 Å². The zero-order valence-electron chi connectivity index (χ0n) is 14.3. The summed E-state index contributed by atoms with van der Waals surface area (Å²) in [4.78, 5) is 23.9. The van der Waals surface area contributed by atoms with Gasteiger partial charge in [-0.1, -0.05) is 12.1 Å². The first-order valence-corrected chi connectivity index (χ1v) is 8.08. The summed E-state index contributed by atoms with van der Waals surface area (Å²) < 4.78 is 0. The van der Waals surface area contributed by atoms with Gasteiger partial charge in [0.2, 0.25) is 5.91 Å². The molecule has 0 aliphatic rings. The summed E-state index contributed by atoms with van der Waals surface area (Å²) in [6.45, 7) is 1.36. The van der Waals surface area contributed by atoms with Crippen LogP contribution in [0.2, 0.25) is 0 Å². The number of phenols is 4. The van der Waals surface area contributed by atoms with E-state index in [1.54, 1.807) is 12.1 Å². The highest BCUT2D eigenvalue weighted by molar-refractivity contribution is 5.87. The van der Waals surface area contributed by atoms with Gasteiger partial charge in [-0.25, -0.2) is 0 Å². The van der Waals surface area contributed by atoms with E-state index >= 15 is 0 Å². The molecule has 0 fully saturated rings. The van der Waals surface area contributed by atoms with Crippen LogP contribution >= 0.6 is 0 Å². The molecule has 0 aliphatic heterocycles. The number of hydrogen-bond donors (Lipinski definition) is 5. The molecule has 7 nitrogen and oxygen atoms in total. The Morgan fingerprint density at radius 1 is 0.885 bits per heavy atom. The molecule has 2 aromatic rings. The first kappa shape index (κ1) is 19.1. The lowest BCUT2D eigenvalue weighted by molar-refractivity contribution is -0.126. The van der Waals surface area contributed by atoms with Crippen LogP contribution in [0.4, 0.5) is 0 Å². The minimum absolute atomic E-state index is 0.106. The third-order valence-corrected chi connectivity index (χ3v) is 3.99. The van der Waals surface area contributed by atoms with E-state index in [2.05, 4.69) is 5.32 Å². The highest BCUT2D eigenvalue weighted by atomic mass is 16.3. The van der Waals surface area contributed by atoms with Crippen molar-refractivity contribution in [2.75, 3.05) is 0 Å². The second kappa shape index (κ2) is 8.24. The van der Waals surface area contributed by atoms with Crippen LogP contribution in [0.15, 0.2) is 36.4 Å². The van der Waals surface area contributed by atoms with Gasteiger partial charge in [-0.05, 0) is 55.2 Å². The number of hydrogen-bond acceptors (Lipinski definition) is 6. The minimum atomic E-state index is -0.750. The molecule has 138 valence electrons. The highest BCUT2D eigenvalue weighted by Crippen LogP contribution is 2.26. The van der Waals surface area contributed by atoms with Crippen molar-refractivity contribution in [1.29, 1.82) is 0 Å². The zero-order valence-corrected chi connectivity index (χ0v) is 14.3. The van der Waals surface area contributed by atoms with Crippen LogP contribution in [-0.4, -0.2) is 38.2 Å². The molecule has 0 saturated heterocycles. The van der Waals surface area contributed by atoms with Gasteiger partial charge in [0.05, 0.1) is 6.04 Å². The van der Waals surface area contributed by atoms with Crippen molar-refractivity contribution in [2.45, 2.75) is 32.2 Å². The Bertz CT molecular complexity index is 818. The number of aromatic hydroxyl groups is 4. The number of nitrogens with one attached hydrogen (secondary N) is 1. The van der Waals surface area contributed by atoms with Gasteiger partial charge in [-0.2, -0.15) is 0 Å². The number of Topliss-reactive ketones (excluding diaryl/α,β-unsaturated/α-hetero) is 1. The van der Waals surface area contributed by atoms with E-state index in [9.17, 15) is 30.0 Å². The van der Waals surface area contributed by atoms with Gasteiger partial charge in [0.15, 0.2) is 28.8 Å². The van der Waals surface area contributed by atoms with Gasteiger partial charge in [0, 0.05) is 6.42 Å². The summed E-state index contributed by atoms with van der Waals surface area (Å²) >= 11 is 0. The molecule has 0 aliphatic carbocycles. The van der Waals surface area contributed by atoms with Crippen molar-refractivity contribution in [3.63, 3.8) is 0 Å². The average Bonchev–Trinajstić information content (AvgIpc) is 2.58. The van der Waals surface area contributed by atoms with Crippen LogP contribution in [0.1, 0.15) is 24.5 Å². The average molecular weight is 359 g/mol. The Hall–Kier alpha value is -3.22. The van der Waals surface area contributed by atoms with Gasteiger partial charge in [-0.15, -0.1) is 0 Å². The molecular weight excluding hydrogens is 338 g/mol. The van der Waals surface area contributed by atoms with E-state index in [-0.39, 0.29) is 47.5 Å². The van der Waals surface area contributed by atoms with Crippen LogP contribution in [-0.2, 0) is 22.4 Å². The quantitative estimate of drug-likeness (QED) is 0.479. The van der Waals surface area contributed by atoms with Gasteiger partial charge >= 0.3 is 0 Å². The fourth-order valence-electron chi connectivity index (χ4n) is 2.48. The van der Waals surface area contributed by atoms with Crippen LogP contribution in [0.3, 0.4) is 0 Å². The zero-order chi connectivity index (χ0) is 19.3. The first-order chi connectivity index (χ1) is 12.3. The van der Waals surface area contributed by atoms with Crippen molar-refractivity contribution in [3.8, 4) is 23.0 Å². The number of carbonyl (C=O) groups excluding carboxylic acids is 2. The number of aryl methyl sites for hydroxylation is 1. The van der Waals surface area contributed by atoms with Crippen molar-refractivity contribution < 1.29 is 30.0 Å².